The zero-order chi connectivity index (χ0) is 15.6. The summed E-state index contributed by atoms with van der Waals surface area (Å²) < 4.78 is 36.9. The highest BCUT2D eigenvalue weighted by atomic mass is 19.4. The molecule has 0 aliphatic carbocycles. The monoisotopic (exact) mass is 301 g/mol. The Morgan fingerprint density at radius 2 is 1.86 bits per heavy atom. The predicted octanol–water partition coefficient (Wildman–Crippen LogP) is 1.90. The first-order valence-electron chi connectivity index (χ1n) is 6.71. The van der Waals surface area contributed by atoms with Gasteiger partial charge in [0.05, 0.1) is 6.54 Å². The average Bonchev–Trinajstić information content (AvgIpc) is 2.40. The van der Waals surface area contributed by atoms with E-state index in [4.69, 9.17) is 5.73 Å². The number of amides is 1. The Kier molecular flexibility index (Phi) is 4.41. The molecule has 21 heavy (non-hydrogen) atoms. The van der Waals surface area contributed by atoms with E-state index in [1.54, 1.807) is 23.1 Å². The lowest BCUT2D eigenvalue weighted by atomic mass is 10.1. The maximum absolute atomic E-state index is 12.3. The number of alkyl halides is 3. The van der Waals surface area contributed by atoms with Crippen LogP contribution in [0.1, 0.15) is 15.9 Å². The summed E-state index contributed by atoms with van der Waals surface area (Å²) >= 11 is 0. The third-order valence-electron chi connectivity index (χ3n) is 3.58. The molecule has 2 N–H and O–H groups in total. The molecule has 1 aliphatic rings. The number of nitrogen functional groups attached to an aromatic ring is 1. The molecule has 0 aromatic heterocycles. The number of carbonyl (C=O) groups is 1. The number of anilines is 1. The van der Waals surface area contributed by atoms with E-state index < -0.39 is 12.7 Å². The van der Waals surface area contributed by atoms with E-state index in [-0.39, 0.29) is 19.0 Å². The van der Waals surface area contributed by atoms with Crippen LogP contribution < -0.4 is 5.73 Å². The molecule has 2 rings (SSSR count). The average molecular weight is 301 g/mol. The maximum Gasteiger partial charge on any atom is 0.401 e. The van der Waals surface area contributed by atoms with Crippen LogP contribution in [0.2, 0.25) is 0 Å². The SMILES string of the molecule is Cc1cc(C(=O)N2CCN(CC(F)(F)F)CC2)ccc1N. The molecule has 1 fully saturated rings. The number of nitrogens with zero attached hydrogens (tertiary/aromatic N) is 2. The van der Waals surface area contributed by atoms with E-state index in [9.17, 15) is 18.0 Å². The van der Waals surface area contributed by atoms with Crippen molar-refractivity contribution in [2.45, 2.75) is 13.1 Å². The molecule has 1 amide bonds. The van der Waals surface area contributed by atoms with Gasteiger partial charge in [0.2, 0.25) is 0 Å². The van der Waals surface area contributed by atoms with Gasteiger partial charge in [0.1, 0.15) is 0 Å². The molecule has 1 heterocycles. The number of nitrogens with two attached hydrogens (primary N) is 1. The van der Waals surface area contributed by atoms with E-state index in [2.05, 4.69) is 0 Å². The Hall–Kier alpha value is -1.76. The molecule has 0 spiro atoms. The number of rotatable bonds is 2. The Balaban J connectivity index is 1.95. The lowest BCUT2D eigenvalue weighted by Gasteiger charge is -2.35. The minimum Gasteiger partial charge on any atom is -0.399 e. The van der Waals surface area contributed by atoms with Crippen LogP contribution in [0.4, 0.5) is 18.9 Å². The first-order chi connectivity index (χ1) is 9.76. The molecule has 116 valence electrons. The van der Waals surface area contributed by atoms with E-state index in [0.29, 0.717) is 24.3 Å². The van der Waals surface area contributed by atoms with Gasteiger partial charge in [-0.25, -0.2) is 0 Å². The second-order valence-corrected chi connectivity index (χ2v) is 5.25. The summed E-state index contributed by atoms with van der Waals surface area (Å²) in [6.07, 6.45) is -4.19. The van der Waals surface area contributed by atoms with Crippen LogP contribution in [0.25, 0.3) is 0 Å². The number of aryl methyl sites for hydroxylation is 1. The molecule has 0 bridgehead atoms. The summed E-state index contributed by atoms with van der Waals surface area (Å²) in [5, 5.41) is 0. The molecule has 0 unspecified atom stereocenters. The molecular weight excluding hydrogens is 283 g/mol. The first kappa shape index (κ1) is 15.6. The topological polar surface area (TPSA) is 49.6 Å². The summed E-state index contributed by atoms with van der Waals surface area (Å²) in [6.45, 7) is 1.97. The second kappa shape index (κ2) is 5.93. The van der Waals surface area contributed by atoms with Crippen LogP contribution in [0.15, 0.2) is 18.2 Å². The number of hydrogen-bond donors (Lipinski definition) is 1. The Labute approximate surface area is 121 Å². The molecule has 1 aromatic carbocycles. The molecule has 1 aliphatic heterocycles. The number of carbonyl (C=O) groups excluding carboxylic acids is 1. The van der Waals surface area contributed by atoms with Crippen LogP contribution in [0, 0.1) is 6.92 Å². The third kappa shape index (κ3) is 4.10. The van der Waals surface area contributed by atoms with Crippen molar-refractivity contribution in [2.24, 2.45) is 0 Å². The number of hydrogen-bond acceptors (Lipinski definition) is 3. The van der Waals surface area contributed by atoms with E-state index >= 15 is 0 Å². The fraction of sp³-hybridized carbons (Fsp3) is 0.500. The zero-order valence-corrected chi connectivity index (χ0v) is 11.8. The number of benzene rings is 1. The second-order valence-electron chi connectivity index (χ2n) is 5.25. The van der Waals surface area contributed by atoms with Gasteiger partial charge in [0.25, 0.3) is 5.91 Å². The van der Waals surface area contributed by atoms with Crippen LogP contribution in [0.5, 0.6) is 0 Å². The van der Waals surface area contributed by atoms with Crippen molar-refractivity contribution in [1.82, 2.24) is 9.80 Å². The standard InChI is InChI=1S/C14H18F3N3O/c1-10-8-11(2-3-12(10)18)13(21)20-6-4-19(5-7-20)9-14(15,16)17/h2-3,8H,4-7,9,18H2,1H3. The Bertz CT molecular complexity index is 523. The fourth-order valence-corrected chi connectivity index (χ4v) is 2.35. The normalized spacial score (nSPS) is 17.0. The molecule has 4 nitrogen and oxygen atoms in total. The van der Waals surface area contributed by atoms with E-state index in [1.807, 2.05) is 6.92 Å². The molecule has 0 atom stereocenters. The first-order valence-corrected chi connectivity index (χ1v) is 6.71. The van der Waals surface area contributed by atoms with Gasteiger partial charge in [-0.15, -0.1) is 0 Å². The van der Waals surface area contributed by atoms with E-state index in [1.165, 1.54) is 4.90 Å². The van der Waals surface area contributed by atoms with Gasteiger partial charge in [-0.2, -0.15) is 13.2 Å². The van der Waals surface area contributed by atoms with Crippen molar-refractivity contribution in [3.05, 3.63) is 29.3 Å². The highest BCUT2D eigenvalue weighted by Crippen LogP contribution is 2.19. The third-order valence-corrected chi connectivity index (χ3v) is 3.58. The summed E-state index contributed by atoms with van der Waals surface area (Å²) in [5.74, 6) is -0.162. The maximum atomic E-state index is 12.3. The van der Waals surface area contributed by atoms with Gasteiger partial charge in [-0.05, 0) is 30.7 Å². The smallest absolute Gasteiger partial charge is 0.399 e. The van der Waals surface area contributed by atoms with Crippen molar-refractivity contribution in [1.29, 1.82) is 0 Å². The van der Waals surface area contributed by atoms with Crippen molar-refractivity contribution in [3.8, 4) is 0 Å². The highest BCUT2D eigenvalue weighted by molar-refractivity contribution is 5.95. The molecule has 1 aromatic rings. The van der Waals surface area contributed by atoms with Crippen molar-refractivity contribution < 1.29 is 18.0 Å². The van der Waals surface area contributed by atoms with Gasteiger partial charge in [0, 0.05) is 37.4 Å². The van der Waals surface area contributed by atoms with Crippen molar-refractivity contribution in [3.63, 3.8) is 0 Å². The molecule has 0 radical (unpaired) electrons. The largest absolute Gasteiger partial charge is 0.401 e. The minimum absolute atomic E-state index is 0.162. The van der Waals surface area contributed by atoms with Gasteiger partial charge >= 0.3 is 6.18 Å². The lowest BCUT2D eigenvalue weighted by Crippen LogP contribution is -2.50. The molecule has 1 saturated heterocycles. The van der Waals surface area contributed by atoms with Gasteiger partial charge < -0.3 is 10.6 Å². The van der Waals surface area contributed by atoms with Crippen LogP contribution >= 0.6 is 0 Å². The minimum atomic E-state index is -4.19. The lowest BCUT2D eigenvalue weighted by molar-refractivity contribution is -0.148. The predicted molar refractivity (Wildman–Crippen MR) is 74.0 cm³/mol. The fourth-order valence-electron chi connectivity index (χ4n) is 2.35. The Morgan fingerprint density at radius 1 is 1.24 bits per heavy atom. The Morgan fingerprint density at radius 3 is 2.38 bits per heavy atom. The van der Waals surface area contributed by atoms with Crippen molar-refractivity contribution in [2.75, 3.05) is 38.5 Å². The quantitative estimate of drug-likeness (QED) is 0.849. The van der Waals surface area contributed by atoms with Gasteiger partial charge in [0.15, 0.2) is 0 Å². The molecule has 0 saturated carbocycles. The van der Waals surface area contributed by atoms with Crippen LogP contribution in [-0.4, -0.2) is 54.6 Å². The summed E-state index contributed by atoms with van der Waals surface area (Å²) in [4.78, 5) is 15.2. The van der Waals surface area contributed by atoms with Gasteiger partial charge in [-0.1, -0.05) is 0 Å². The van der Waals surface area contributed by atoms with Gasteiger partial charge in [-0.3, -0.25) is 9.69 Å². The number of piperazine rings is 1. The summed E-state index contributed by atoms with van der Waals surface area (Å²) in [7, 11) is 0. The highest BCUT2D eigenvalue weighted by Gasteiger charge is 2.32. The van der Waals surface area contributed by atoms with Crippen LogP contribution in [0.3, 0.4) is 0 Å². The van der Waals surface area contributed by atoms with E-state index in [0.717, 1.165) is 5.56 Å². The van der Waals surface area contributed by atoms with Crippen LogP contribution in [-0.2, 0) is 0 Å². The molecule has 7 heteroatoms. The summed E-state index contributed by atoms with van der Waals surface area (Å²) in [5.41, 5.74) is 7.65. The zero-order valence-electron chi connectivity index (χ0n) is 11.8. The molecular formula is C14H18F3N3O. The summed E-state index contributed by atoms with van der Waals surface area (Å²) in [6, 6.07) is 5.02. The van der Waals surface area contributed by atoms with Crippen molar-refractivity contribution >= 4 is 11.6 Å². The number of halogens is 3.